The van der Waals surface area contributed by atoms with Crippen LogP contribution in [0.2, 0.25) is 0 Å². The van der Waals surface area contributed by atoms with Crippen LogP contribution in [0.3, 0.4) is 0 Å². The number of benzene rings is 1. The summed E-state index contributed by atoms with van der Waals surface area (Å²) in [5.41, 5.74) is 6.52. The van der Waals surface area contributed by atoms with E-state index in [1.165, 1.54) is 0 Å². The predicted molar refractivity (Wildman–Crippen MR) is 118 cm³/mol. The number of hydrogen-bond acceptors (Lipinski definition) is 7. The standard InChI is InChI=1S/C20H27N5O3.2ClH/c1-15(18-22-17(23-28-18)16-5-3-2-4-6-16)24-9-11-25(12-10-24)19(26)20(21)7-13-27-14-8-20;;/h2-6,15H,7-14,21H2,1H3;2*1H. The van der Waals surface area contributed by atoms with Crippen LogP contribution in [0.15, 0.2) is 34.9 Å². The van der Waals surface area contributed by atoms with Crippen molar-refractivity contribution in [2.24, 2.45) is 5.73 Å². The highest BCUT2D eigenvalue weighted by molar-refractivity contribution is 5.86. The normalized spacial score (nSPS) is 20.0. The van der Waals surface area contributed by atoms with Gasteiger partial charge in [-0.25, -0.2) is 0 Å². The van der Waals surface area contributed by atoms with Crippen LogP contribution in [-0.4, -0.2) is 70.8 Å². The van der Waals surface area contributed by atoms with Crippen molar-refractivity contribution in [3.63, 3.8) is 0 Å². The van der Waals surface area contributed by atoms with E-state index in [2.05, 4.69) is 22.0 Å². The van der Waals surface area contributed by atoms with Crippen LogP contribution in [0.4, 0.5) is 0 Å². The summed E-state index contributed by atoms with van der Waals surface area (Å²) >= 11 is 0. The SMILES string of the molecule is CC(c1nc(-c2ccccc2)no1)N1CCN(C(=O)C2(N)CCOCC2)CC1.Cl.Cl. The van der Waals surface area contributed by atoms with Gasteiger partial charge in [0.15, 0.2) is 0 Å². The fourth-order valence-corrected chi connectivity index (χ4v) is 3.84. The number of nitrogens with two attached hydrogens (primary N) is 1. The molecule has 0 bridgehead atoms. The lowest BCUT2D eigenvalue weighted by Crippen LogP contribution is -2.61. The Balaban J connectivity index is 0.00000160. The van der Waals surface area contributed by atoms with Gasteiger partial charge in [0.2, 0.25) is 17.6 Å². The maximum Gasteiger partial charge on any atom is 0.244 e. The first kappa shape index (κ1) is 24.6. The monoisotopic (exact) mass is 457 g/mol. The van der Waals surface area contributed by atoms with E-state index in [0.717, 1.165) is 18.7 Å². The van der Waals surface area contributed by atoms with E-state index in [-0.39, 0.29) is 36.8 Å². The van der Waals surface area contributed by atoms with Crippen molar-refractivity contribution in [2.45, 2.75) is 31.3 Å². The highest BCUT2D eigenvalue weighted by Crippen LogP contribution is 2.25. The number of halogens is 2. The molecule has 8 nitrogen and oxygen atoms in total. The Morgan fingerprint density at radius 2 is 1.73 bits per heavy atom. The molecule has 0 spiro atoms. The molecule has 2 fully saturated rings. The Bertz CT molecular complexity index is 806. The van der Waals surface area contributed by atoms with E-state index >= 15 is 0 Å². The number of nitrogens with zero attached hydrogens (tertiary/aromatic N) is 4. The Hall–Kier alpha value is -1.71. The third kappa shape index (κ3) is 5.12. The molecule has 0 saturated carbocycles. The van der Waals surface area contributed by atoms with Crippen LogP contribution in [0, 0.1) is 0 Å². The zero-order valence-corrected chi connectivity index (χ0v) is 18.7. The molecule has 2 aromatic rings. The van der Waals surface area contributed by atoms with Gasteiger partial charge in [-0.1, -0.05) is 35.5 Å². The zero-order chi connectivity index (χ0) is 19.6. The van der Waals surface area contributed by atoms with Gasteiger partial charge < -0.3 is 19.9 Å². The molecule has 166 valence electrons. The zero-order valence-electron chi connectivity index (χ0n) is 17.0. The van der Waals surface area contributed by atoms with Crippen LogP contribution >= 0.6 is 24.8 Å². The Morgan fingerprint density at radius 3 is 2.37 bits per heavy atom. The van der Waals surface area contributed by atoms with Crippen molar-refractivity contribution in [1.82, 2.24) is 19.9 Å². The Labute approximate surface area is 188 Å². The largest absolute Gasteiger partial charge is 0.381 e. The molecule has 2 aliphatic rings. The van der Waals surface area contributed by atoms with Gasteiger partial charge in [-0.15, -0.1) is 24.8 Å². The third-order valence-corrected chi connectivity index (χ3v) is 5.79. The van der Waals surface area contributed by atoms with Crippen molar-refractivity contribution in [1.29, 1.82) is 0 Å². The molecule has 2 aliphatic heterocycles. The molecule has 2 N–H and O–H groups in total. The molecule has 1 aromatic carbocycles. The van der Waals surface area contributed by atoms with Crippen molar-refractivity contribution < 1.29 is 14.1 Å². The highest BCUT2D eigenvalue weighted by atomic mass is 35.5. The number of carbonyl (C=O) groups is 1. The summed E-state index contributed by atoms with van der Waals surface area (Å²) < 4.78 is 10.9. The lowest BCUT2D eigenvalue weighted by atomic mass is 9.89. The summed E-state index contributed by atoms with van der Waals surface area (Å²) in [4.78, 5) is 21.6. The summed E-state index contributed by atoms with van der Waals surface area (Å²) in [7, 11) is 0. The minimum Gasteiger partial charge on any atom is -0.381 e. The molecule has 1 atom stereocenters. The number of carbonyl (C=O) groups excluding carboxylic acids is 1. The average Bonchev–Trinajstić information content (AvgIpc) is 3.24. The smallest absolute Gasteiger partial charge is 0.244 e. The van der Waals surface area contributed by atoms with Crippen molar-refractivity contribution in [3.05, 3.63) is 36.2 Å². The van der Waals surface area contributed by atoms with Gasteiger partial charge in [0, 0.05) is 45.0 Å². The van der Waals surface area contributed by atoms with E-state index in [1.54, 1.807) is 0 Å². The molecule has 30 heavy (non-hydrogen) atoms. The summed E-state index contributed by atoms with van der Waals surface area (Å²) in [6.07, 6.45) is 1.18. The summed E-state index contributed by atoms with van der Waals surface area (Å²) in [5.74, 6) is 1.24. The predicted octanol–water partition coefficient (Wildman–Crippen LogP) is 2.29. The van der Waals surface area contributed by atoms with Crippen LogP contribution in [0.1, 0.15) is 31.7 Å². The molecule has 3 heterocycles. The van der Waals surface area contributed by atoms with Gasteiger partial charge in [-0.2, -0.15) is 4.98 Å². The third-order valence-electron chi connectivity index (χ3n) is 5.79. The second-order valence-corrected chi connectivity index (χ2v) is 7.59. The van der Waals surface area contributed by atoms with E-state index in [9.17, 15) is 4.79 Å². The molecule has 1 aromatic heterocycles. The second-order valence-electron chi connectivity index (χ2n) is 7.59. The lowest BCUT2D eigenvalue weighted by molar-refractivity contribution is -0.142. The maximum atomic E-state index is 12.9. The first-order valence-electron chi connectivity index (χ1n) is 9.86. The molecule has 4 rings (SSSR count). The lowest BCUT2D eigenvalue weighted by Gasteiger charge is -2.41. The number of amides is 1. The van der Waals surface area contributed by atoms with Crippen LogP contribution < -0.4 is 5.73 Å². The van der Waals surface area contributed by atoms with Crippen molar-refractivity contribution in [2.75, 3.05) is 39.4 Å². The number of hydrogen-bond donors (Lipinski definition) is 1. The van der Waals surface area contributed by atoms with E-state index in [0.29, 0.717) is 50.9 Å². The van der Waals surface area contributed by atoms with Gasteiger partial charge in [-0.05, 0) is 19.8 Å². The summed E-state index contributed by atoms with van der Waals surface area (Å²) in [6, 6.07) is 9.78. The first-order valence-corrected chi connectivity index (χ1v) is 9.86. The van der Waals surface area contributed by atoms with Gasteiger partial charge >= 0.3 is 0 Å². The van der Waals surface area contributed by atoms with Gasteiger partial charge in [0.1, 0.15) is 0 Å². The number of rotatable bonds is 4. The molecular weight excluding hydrogens is 429 g/mol. The maximum absolute atomic E-state index is 12.9. The molecule has 1 amide bonds. The average molecular weight is 458 g/mol. The van der Waals surface area contributed by atoms with Crippen molar-refractivity contribution >= 4 is 30.7 Å². The minimum absolute atomic E-state index is 0. The fourth-order valence-electron chi connectivity index (χ4n) is 3.84. The number of piperazine rings is 1. The molecule has 0 radical (unpaired) electrons. The minimum atomic E-state index is -0.775. The molecular formula is C20H29Cl2N5O3. The molecule has 10 heteroatoms. The second kappa shape index (κ2) is 10.5. The fraction of sp³-hybridized carbons (Fsp3) is 0.550. The van der Waals surface area contributed by atoms with E-state index in [4.69, 9.17) is 15.0 Å². The van der Waals surface area contributed by atoms with Crippen LogP contribution in [-0.2, 0) is 9.53 Å². The van der Waals surface area contributed by atoms with Crippen LogP contribution in [0.25, 0.3) is 11.4 Å². The summed E-state index contributed by atoms with van der Waals surface area (Å²) in [5, 5.41) is 4.11. The van der Waals surface area contributed by atoms with E-state index < -0.39 is 5.54 Å². The Morgan fingerprint density at radius 1 is 1.10 bits per heavy atom. The molecule has 2 saturated heterocycles. The van der Waals surface area contributed by atoms with Gasteiger partial charge in [-0.3, -0.25) is 9.69 Å². The van der Waals surface area contributed by atoms with E-state index in [1.807, 2.05) is 35.2 Å². The topological polar surface area (TPSA) is 97.7 Å². The van der Waals surface area contributed by atoms with Crippen molar-refractivity contribution in [3.8, 4) is 11.4 Å². The summed E-state index contributed by atoms with van der Waals surface area (Å²) in [6.45, 7) is 5.99. The first-order chi connectivity index (χ1) is 13.6. The van der Waals surface area contributed by atoms with Gasteiger partial charge in [0.25, 0.3) is 0 Å². The number of aromatic nitrogens is 2. The van der Waals surface area contributed by atoms with Gasteiger partial charge in [0.05, 0.1) is 11.6 Å². The van der Waals surface area contributed by atoms with Crippen LogP contribution in [0.5, 0.6) is 0 Å². The molecule has 1 unspecified atom stereocenters. The Kier molecular flexibility index (Phi) is 8.63. The number of ether oxygens (including phenoxy) is 1. The molecule has 0 aliphatic carbocycles. The highest BCUT2D eigenvalue weighted by Gasteiger charge is 2.40. The quantitative estimate of drug-likeness (QED) is 0.751.